The minimum absolute atomic E-state index is 0.140. The molecule has 0 radical (unpaired) electrons. The molecule has 1 N–H and O–H groups in total. The maximum Gasteiger partial charge on any atom is 0.296 e. The predicted molar refractivity (Wildman–Crippen MR) is 48.0 cm³/mol. The van der Waals surface area contributed by atoms with Crippen LogP contribution in [0.2, 0.25) is 0 Å². The standard InChI is InChI=1S/C8H11NO3S/c1-2-3-7-4-8(6-9-5-7)13(10,11)12/h4-6H,2-3H2,1H3,(H,10,11,12). The zero-order chi connectivity index (χ0) is 9.90. The monoisotopic (exact) mass is 201 g/mol. The van der Waals surface area contributed by atoms with Crippen LogP contribution in [0.25, 0.3) is 0 Å². The van der Waals surface area contributed by atoms with Gasteiger partial charge < -0.3 is 0 Å². The second-order valence-corrected chi connectivity index (χ2v) is 4.18. The molecule has 1 heterocycles. The second kappa shape index (κ2) is 3.85. The van der Waals surface area contributed by atoms with E-state index in [1.54, 1.807) is 6.20 Å². The Morgan fingerprint density at radius 3 is 2.69 bits per heavy atom. The lowest BCUT2D eigenvalue weighted by Crippen LogP contribution is -1.99. The molecule has 72 valence electrons. The summed E-state index contributed by atoms with van der Waals surface area (Å²) in [7, 11) is -4.11. The van der Waals surface area contributed by atoms with Crippen LogP contribution in [0.5, 0.6) is 0 Å². The van der Waals surface area contributed by atoms with E-state index in [0.717, 1.165) is 24.6 Å². The molecule has 1 rings (SSSR count). The highest BCUT2D eigenvalue weighted by molar-refractivity contribution is 7.85. The summed E-state index contributed by atoms with van der Waals surface area (Å²) >= 11 is 0. The summed E-state index contributed by atoms with van der Waals surface area (Å²) in [5.41, 5.74) is 0.817. The Morgan fingerprint density at radius 2 is 2.15 bits per heavy atom. The van der Waals surface area contributed by atoms with Crippen LogP contribution in [-0.2, 0) is 16.5 Å². The van der Waals surface area contributed by atoms with Gasteiger partial charge in [0.25, 0.3) is 10.1 Å². The van der Waals surface area contributed by atoms with Crippen LogP contribution in [0.3, 0.4) is 0 Å². The molecule has 0 bridgehead atoms. The summed E-state index contributed by atoms with van der Waals surface area (Å²) in [6.07, 6.45) is 4.40. The van der Waals surface area contributed by atoms with Gasteiger partial charge in [-0.05, 0) is 18.1 Å². The van der Waals surface area contributed by atoms with E-state index in [0.29, 0.717) is 0 Å². The molecule has 0 aliphatic carbocycles. The van der Waals surface area contributed by atoms with E-state index in [-0.39, 0.29) is 4.90 Å². The van der Waals surface area contributed by atoms with Gasteiger partial charge in [-0.1, -0.05) is 13.3 Å². The summed E-state index contributed by atoms with van der Waals surface area (Å²) in [5.74, 6) is 0. The van der Waals surface area contributed by atoms with Crippen molar-refractivity contribution in [3.63, 3.8) is 0 Å². The van der Waals surface area contributed by atoms with Crippen molar-refractivity contribution in [3.05, 3.63) is 24.0 Å². The number of nitrogens with zero attached hydrogens (tertiary/aromatic N) is 1. The van der Waals surface area contributed by atoms with Gasteiger partial charge in [-0.2, -0.15) is 8.42 Å². The smallest absolute Gasteiger partial charge is 0.282 e. The van der Waals surface area contributed by atoms with Gasteiger partial charge in [0.2, 0.25) is 0 Å². The molecule has 0 unspecified atom stereocenters. The SMILES string of the molecule is CCCc1cncc(S(=O)(=O)O)c1. The molecule has 0 spiro atoms. The molecule has 1 aromatic heterocycles. The van der Waals surface area contributed by atoms with E-state index >= 15 is 0 Å². The molecule has 0 fully saturated rings. The average Bonchev–Trinajstić information content (AvgIpc) is 2.04. The molecule has 5 heteroatoms. The highest BCUT2D eigenvalue weighted by atomic mass is 32.2. The lowest BCUT2D eigenvalue weighted by molar-refractivity contribution is 0.482. The topological polar surface area (TPSA) is 67.3 Å². The molecule has 1 aromatic rings. The quantitative estimate of drug-likeness (QED) is 0.748. The van der Waals surface area contributed by atoms with Crippen LogP contribution in [-0.4, -0.2) is 18.0 Å². The normalized spacial score (nSPS) is 11.5. The molecule has 0 saturated carbocycles. The first kappa shape index (κ1) is 10.1. The van der Waals surface area contributed by atoms with Crippen LogP contribution in [0.15, 0.2) is 23.4 Å². The fraction of sp³-hybridized carbons (Fsp3) is 0.375. The van der Waals surface area contributed by atoms with Crippen LogP contribution < -0.4 is 0 Å². The van der Waals surface area contributed by atoms with Crippen molar-refractivity contribution in [3.8, 4) is 0 Å². The van der Waals surface area contributed by atoms with Gasteiger partial charge in [0, 0.05) is 12.4 Å². The van der Waals surface area contributed by atoms with Crippen molar-refractivity contribution in [1.82, 2.24) is 4.98 Å². The van der Waals surface area contributed by atoms with Gasteiger partial charge in [0.1, 0.15) is 4.90 Å². The fourth-order valence-electron chi connectivity index (χ4n) is 1.03. The third-order valence-electron chi connectivity index (χ3n) is 1.61. The van der Waals surface area contributed by atoms with Crippen molar-refractivity contribution in [1.29, 1.82) is 0 Å². The van der Waals surface area contributed by atoms with Crippen molar-refractivity contribution in [2.75, 3.05) is 0 Å². The van der Waals surface area contributed by atoms with Gasteiger partial charge in [0.05, 0.1) is 0 Å². The minimum atomic E-state index is -4.11. The Kier molecular flexibility index (Phi) is 3.00. The maximum absolute atomic E-state index is 10.7. The number of hydrogen-bond acceptors (Lipinski definition) is 3. The molecule has 0 saturated heterocycles. The van der Waals surface area contributed by atoms with Crippen molar-refractivity contribution >= 4 is 10.1 Å². The third kappa shape index (κ3) is 2.78. The van der Waals surface area contributed by atoms with Crippen LogP contribution in [0.1, 0.15) is 18.9 Å². The Bertz CT molecular complexity index is 386. The number of hydrogen-bond donors (Lipinski definition) is 1. The van der Waals surface area contributed by atoms with E-state index < -0.39 is 10.1 Å². The van der Waals surface area contributed by atoms with Crippen LogP contribution >= 0.6 is 0 Å². The minimum Gasteiger partial charge on any atom is -0.282 e. The number of aromatic nitrogens is 1. The molecule has 0 aliphatic heterocycles. The largest absolute Gasteiger partial charge is 0.296 e. The molecule has 4 nitrogen and oxygen atoms in total. The Labute approximate surface area is 77.4 Å². The summed E-state index contributed by atoms with van der Waals surface area (Å²) in [6, 6.07) is 1.44. The Balaban J connectivity index is 3.06. The second-order valence-electron chi connectivity index (χ2n) is 2.75. The zero-order valence-corrected chi connectivity index (χ0v) is 8.08. The molecular formula is C8H11NO3S. The molecule has 0 amide bonds. The van der Waals surface area contributed by atoms with Crippen molar-refractivity contribution in [2.45, 2.75) is 24.7 Å². The maximum atomic E-state index is 10.7. The summed E-state index contributed by atoms with van der Waals surface area (Å²) < 4.78 is 30.1. The van der Waals surface area contributed by atoms with Gasteiger partial charge >= 0.3 is 0 Å². The highest BCUT2D eigenvalue weighted by Crippen LogP contribution is 2.10. The van der Waals surface area contributed by atoms with Gasteiger partial charge in [-0.25, -0.2) is 0 Å². The fourth-order valence-corrected chi connectivity index (χ4v) is 1.52. The third-order valence-corrected chi connectivity index (χ3v) is 2.43. The van der Waals surface area contributed by atoms with Crippen molar-refractivity contribution < 1.29 is 13.0 Å². The summed E-state index contributed by atoms with van der Waals surface area (Å²) in [4.78, 5) is 3.59. The summed E-state index contributed by atoms with van der Waals surface area (Å²) in [6.45, 7) is 1.99. The van der Waals surface area contributed by atoms with E-state index in [9.17, 15) is 8.42 Å². The van der Waals surface area contributed by atoms with E-state index in [1.807, 2.05) is 6.92 Å². The van der Waals surface area contributed by atoms with Gasteiger partial charge in [-0.3, -0.25) is 9.54 Å². The molecule has 0 aromatic carbocycles. The lowest BCUT2D eigenvalue weighted by Gasteiger charge is -1.99. The first-order valence-electron chi connectivity index (χ1n) is 3.95. The van der Waals surface area contributed by atoms with Gasteiger partial charge in [-0.15, -0.1) is 0 Å². The van der Waals surface area contributed by atoms with Crippen LogP contribution in [0.4, 0.5) is 0 Å². The number of pyridine rings is 1. The Morgan fingerprint density at radius 1 is 1.46 bits per heavy atom. The van der Waals surface area contributed by atoms with Crippen molar-refractivity contribution in [2.24, 2.45) is 0 Å². The molecular weight excluding hydrogens is 190 g/mol. The Hall–Kier alpha value is -0.940. The highest BCUT2D eigenvalue weighted by Gasteiger charge is 2.09. The summed E-state index contributed by atoms with van der Waals surface area (Å²) in [5, 5.41) is 0. The van der Waals surface area contributed by atoms with Gasteiger partial charge in [0.15, 0.2) is 0 Å². The first-order valence-corrected chi connectivity index (χ1v) is 5.39. The lowest BCUT2D eigenvalue weighted by atomic mass is 10.2. The zero-order valence-electron chi connectivity index (χ0n) is 7.27. The predicted octanol–water partition coefficient (Wildman–Crippen LogP) is 1.28. The average molecular weight is 201 g/mol. The first-order chi connectivity index (χ1) is 6.04. The van der Waals surface area contributed by atoms with Crippen LogP contribution in [0, 0.1) is 0 Å². The molecule has 0 aliphatic rings. The van der Waals surface area contributed by atoms with E-state index in [1.165, 1.54) is 6.07 Å². The van der Waals surface area contributed by atoms with E-state index in [4.69, 9.17) is 4.55 Å². The number of rotatable bonds is 3. The molecule has 0 atom stereocenters. The molecule has 13 heavy (non-hydrogen) atoms. The number of aryl methyl sites for hydroxylation is 1. The van der Waals surface area contributed by atoms with E-state index in [2.05, 4.69) is 4.98 Å².